The molecule has 1 aliphatic heterocycles. The molecule has 0 radical (unpaired) electrons. The van der Waals surface area contributed by atoms with Gasteiger partial charge >= 0.3 is 0 Å². The largest absolute Gasteiger partial charge is 0.381 e. The molecule has 2 aromatic heterocycles. The van der Waals surface area contributed by atoms with Gasteiger partial charge in [0, 0.05) is 43.3 Å². The highest BCUT2D eigenvalue weighted by molar-refractivity contribution is 5.81. The van der Waals surface area contributed by atoms with E-state index in [4.69, 9.17) is 9.26 Å². The van der Waals surface area contributed by atoms with Crippen LogP contribution < -0.4 is 0 Å². The van der Waals surface area contributed by atoms with Crippen molar-refractivity contribution >= 4 is 17.0 Å². The zero-order chi connectivity index (χ0) is 20.5. The third kappa shape index (κ3) is 3.99. The van der Waals surface area contributed by atoms with Gasteiger partial charge in [0.2, 0.25) is 5.91 Å². The van der Waals surface area contributed by atoms with Crippen molar-refractivity contribution in [2.75, 3.05) is 20.2 Å². The van der Waals surface area contributed by atoms with Gasteiger partial charge in [-0.25, -0.2) is 13.8 Å². The number of aryl methyl sites for hydroxylation is 1. The highest BCUT2D eigenvalue weighted by Crippen LogP contribution is 2.35. The van der Waals surface area contributed by atoms with Crippen molar-refractivity contribution in [3.05, 3.63) is 23.0 Å². The second-order valence-electron chi connectivity index (χ2n) is 8.21. The number of carbonyl (C=O) groups is 1. The summed E-state index contributed by atoms with van der Waals surface area (Å²) in [7, 11) is 1.70. The molecule has 2 unspecified atom stereocenters. The molecule has 4 rings (SSSR count). The van der Waals surface area contributed by atoms with Gasteiger partial charge in [-0.05, 0) is 45.1 Å². The number of fused-ring (bicyclic) bond motifs is 1. The Morgan fingerprint density at radius 3 is 2.72 bits per heavy atom. The number of aromatic nitrogens is 2. The Hall–Kier alpha value is -2.09. The van der Waals surface area contributed by atoms with E-state index >= 15 is 0 Å². The molecule has 2 atom stereocenters. The van der Waals surface area contributed by atoms with Crippen molar-refractivity contribution < 1.29 is 22.8 Å². The standard InChI is InChI=1S/C21H27F2N3O3/c1-12-18-16(19(22)23)11-17(24-20(18)29-25-12)13-6-8-26(9-7-13)21(27)14-4-3-5-15(10-14)28-2/h11,13-15,19H,3-10H2,1-2H3. The Bertz CT molecular complexity index is 877. The summed E-state index contributed by atoms with van der Waals surface area (Å²) in [6.07, 6.45) is 2.71. The van der Waals surface area contributed by atoms with Crippen LogP contribution in [-0.2, 0) is 9.53 Å². The molecule has 0 spiro atoms. The maximum absolute atomic E-state index is 13.6. The molecule has 2 aliphatic rings. The van der Waals surface area contributed by atoms with Gasteiger partial charge in [0.1, 0.15) is 0 Å². The van der Waals surface area contributed by atoms with Crippen molar-refractivity contribution in [1.82, 2.24) is 15.0 Å². The Morgan fingerprint density at radius 2 is 2.03 bits per heavy atom. The summed E-state index contributed by atoms with van der Waals surface area (Å²) in [5.74, 6) is 0.263. The molecule has 0 bridgehead atoms. The van der Waals surface area contributed by atoms with Crippen molar-refractivity contribution in [2.45, 2.75) is 63.9 Å². The fraction of sp³-hybridized carbons (Fsp3) is 0.667. The monoisotopic (exact) mass is 407 g/mol. The lowest BCUT2D eigenvalue weighted by molar-refractivity contribution is -0.139. The molecule has 2 fully saturated rings. The Labute approximate surface area is 168 Å². The third-order valence-electron chi connectivity index (χ3n) is 6.44. The molecular formula is C21H27F2N3O3. The lowest BCUT2D eigenvalue weighted by atomic mass is 9.85. The van der Waals surface area contributed by atoms with Gasteiger partial charge in [0.15, 0.2) is 0 Å². The van der Waals surface area contributed by atoms with Crippen LogP contribution in [0.2, 0.25) is 0 Å². The number of hydrogen-bond acceptors (Lipinski definition) is 5. The number of alkyl halides is 2. The minimum absolute atomic E-state index is 0.0299. The van der Waals surface area contributed by atoms with Crippen molar-refractivity contribution in [2.24, 2.45) is 5.92 Å². The van der Waals surface area contributed by atoms with E-state index in [1.165, 1.54) is 6.07 Å². The maximum Gasteiger partial charge on any atom is 0.264 e. The number of amides is 1. The molecule has 1 amide bonds. The van der Waals surface area contributed by atoms with E-state index in [2.05, 4.69) is 10.1 Å². The van der Waals surface area contributed by atoms with Gasteiger partial charge < -0.3 is 14.2 Å². The molecule has 8 heteroatoms. The van der Waals surface area contributed by atoms with Gasteiger partial charge in [0.05, 0.1) is 17.2 Å². The molecule has 158 valence electrons. The summed E-state index contributed by atoms with van der Waals surface area (Å²) in [5, 5.41) is 4.10. The summed E-state index contributed by atoms with van der Waals surface area (Å²) in [6.45, 7) is 2.89. The van der Waals surface area contributed by atoms with E-state index in [-0.39, 0.29) is 35.1 Å². The third-order valence-corrected chi connectivity index (χ3v) is 6.44. The quantitative estimate of drug-likeness (QED) is 0.752. The average molecular weight is 407 g/mol. The van der Waals surface area contributed by atoms with Crippen LogP contribution in [0.1, 0.15) is 67.8 Å². The molecule has 0 aromatic carbocycles. The van der Waals surface area contributed by atoms with Crippen LogP contribution in [-0.4, -0.2) is 47.3 Å². The summed E-state index contributed by atoms with van der Waals surface area (Å²) >= 11 is 0. The fourth-order valence-electron chi connectivity index (χ4n) is 4.77. The average Bonchev–Trinajstić information content (AvgIpc) is 3.13. The van der Waals surface area contributed by atoms with Crippen LogP contribution in [0.3, 0.4) is 0 Å². The first-order valence-electron chi connectivity index (χ1n) is 10.3. The zero-order valence-electron chi connectivity index (χ0n) is 16.9. The van der Waals surface area contributed by atoms with E-state index in [1.807, 2.05) is 4.90 Å². The number of ether oxygens (including phenoxy) is 1. The van der Waals surface area contributed by atoms with Crippen molar-refractivity contribution in [1.29, 1.82) is 0 Å². The van der Waals surface area contributed by atoms with Crippen LogP contribution in [0.15, 0.2) is 10.6 Å². The van der Waals surface area contributed by atoms with Crippen LogP contribution in [0.5, 0.6) is 0 Å². The molecule has 2 aromatic rings. The highest BCUT2D eigenvalue weighted by Gasteiger charge is 2.33. The van der Waals surface area contributed by atoms with Gasteiger partial charge in [-0.2, -0.15) is 0 Å². The van der Waals surface area contributed by atoms with E-state index in [0.29, 0.717) is 42.7 Å². The number of piperidine rings is 1. The first-order valence-corrected chi connectivity index (χ1v) is 10.3. The molecular weight excluding hydrogens is 380 g/mol. The first-order chi connectivity index (χ1) is 14.0. The van der Waals surface area contributed by atoms with Crippen molar-refractivity contribution in [3.63, 3.8) is 0 Å². The number of halogens is 2. The molecule has 1 saturated carbocycles. The van der Waals surface area contributed by atoms with Crippen LogP contribution in [0.4, 0.5) is 8.78 Å². The Balaban J connectivity index is 1.45. The lowest BCUT2D eigenvalue weighted by Gasteiger charge is -2.36. The van der Waals surface area contributed by atoms with E-state index in [0.717, 1.165) is 25.7 Å². The number of carbonyl (C=O) groups excluding carboxylic acids is 1. The number of pyridine rings is 1. The minimum atomic E-state index is -2.61. The Morgan fingerprint density at radius 1 is 1.28 bits per heavy atom. The molecule has 6 nitrogen and oxygen atoms in total. The summed E-state index contributed by atoms with van der Waals surface area (Å²) in [6, 6.07) is 1.49. The predicted octanol–water partition coefficient (Wildman–Crippen LogP) is 4.38. The number of likely N-dealkylation sites (tertiary alicyclic amines) is 1. The molecule has 1 aliphatic carbocycles. The van der Waals surface area contributed by atoms with Gasteiger partial charge in [-0.3, -0.25) is 4.79 Å². The maximum atomic E-state index is 13.6. The summed E-state index contributed by atoms with van der Waals surface area (Å²) < 4.78 is 37.8. The number of hydrogen-bond donors (Lipinski definition) is 0. The van der Waals surface area contributed by atoms with Crippen LogP contribution in [0.25, 0.3) is 11.1 Å². The lowest BCUT2D eigenvalue weighted by Crippen LogP contribution is -2.43. The second kappa shape index (κ2) is 8.34. The number of methoxy groups -OCH3 is 1. The zero-order valence-corrected chi connectivity index (χ0v) is 16.9. The predicted molar refractivity (Wildman–Crippen MR) is 103 cm³/mol. The number of rotatable bonds is 4. The summed E-state index contributed by atoms with van der Waals surface area (Å²) in [4.78, 5) is 19.3. The van der Waals surface area contributed by atoms with E-state index in [9.17, 15) is 13.6 Å². The molecule has 0 N–H and O–H groups in total. The minimum Gasteiger partial charge on any atom is -0.381 e. The second-order valence-corrected chi connectivity index (χ2v) is 8.21. The summed E-state index contributed by atoms with van der Waals surface area (Å²) in [5.41, 5.74) is 1.13. The van der Waals surface area contributed by atoms with Gasteiger partial charge in [0.25, 0.3) is 12.1 Å². The van der Waals surface area contributed by atoms with Crippen LogP contribution >= 0.6 is 0 Å². The normalized spacial score (nSPS) is 23.8. The molecule has 1 saturated heterocycles. The first kappa shape index (κ1) is 20.2. The molecule has 3 heterocycles. The Kier molecular flexibility index (Phi) is 5.81. The van der Waals surface area contributed by atoms with Crippen LogP contribution in [0, 0.1) is 12.8 Å². The van der Waals surface area contributed by atoms with E-state index in [1.54, 1.807) is 14.0 Å². The fourth-order valence-corrected chi connectivity index (χ4v) is 4.77. The topological polar surface area (TPSA) is 68.5 Å². The van der Waals surface area contributed by atoms with Crippen molar-refractivity contribution in [3.8, 4) is 0 Å². The highest BCUT2D eigenvalue weighted by atomic mass is 19.3. The van der Waals surface area contributed by atoms with Gasteiger partial charge in [-0.1, -0.05) is 11.6 Å². The number of nitrogens with zero attached hydrogens (tertiary/aromatic N) is 3. The smallest absolute Gasteiger partial charge is 0.264 e. The van der Waals surface area contributed by atoms with Gasteiger partial charge in [-0.15, -0.1) is 0 Å². The van der Waals surface area contributed by atoms with E-state index < -0.39 is 6.43 Å². The SMILES string of the molecule is COC1CCCC(C(=O)N2CCC(c3cc(C(F)F)c4c(C)noc4n3)CC2)C1. The molecule has 29 heavy (non-hydrogen) atoms.